The highest BCUT2D eigenvalue weighted by Crippen LogP contribution is 2.23. The van der Waals surface area contributed by atoms with Crippen LogP contribution >= 0.6 is 0 Å². The van der Waals surface area contributed by atoms with Crippen LogP contribution in [0.4, 0.5) is 0 Å². The Labute approximate surface area is 152 Å². The molecule has 134 valence electrons. The van der Waals surface area contributed by atoms with E-state index in [0.717, 1.165) is 23.4 Å². The molecule has 0 spiro atoms. The minimum absolute atomic E-state index is 0.0445. The molecular weight excluding hydrogens is 328 g/mol. The van der Waals surface area contributed by atoms with Crippen molar-refractivity contribution in [2.24, 2.45) is 0 Å². The maximum Gasteiger partial charge on any atom is 0.274 e. The van der Waals surface area contributed by atoms with Gasteiger partial charge in [0, 0.05) is 19.4 Å². The van der Waals surface area contributed by atoms with Gasteiger partial charge in [0.05, 0.1) is 11.7 Å². The standard InChI is InChI=1S/C20H22N4O2/c1-3-19(15-8-7-11-21-13-15)24(2)20(25)18-12-16(22-23-18)14-26-17-9-5-4-6-10-17/h4-13,19H,3,14H2,1-2H3,(H,22,23)/t19-/m0/s1. The van der Waals surface area contributed by atoms with E-state index in [4.69, 9.17) is 4.74 Å². The van der Waals surface area contributed by atoms with Crippen molar-refractivity contribution in [1.82, 2.24) is 20.1 Å². The Hall–Kier alpha value is -3.15. The maximum atomic E-state index is 12.8. The van der Waals surface area contributed by atoms with Crippen molar-refractivity contribution in [3.8, 4) is 5.75 Å². The van der Waals surface area contributed by atoms with Gasteiger partial charge in [-0.3, -0.25) is 14.9 Å². The summed E-state index contributed by atoms with van der Waals surface area (Å²) in [6, 6.07) is 15.1. The van der Waals surface area contributed by atoms with E-state index in [-0.39, 0.29) is 11.9 Å². The Balaban J connectivity index is 1.67. The van der Waals surface area contributed by atoms with E-state index in [2.05, 4.69) is 15.2 Å². The number of nitrogens with one attached hydrogen (secondary N) is 1. The molecule has 0 saturated heterocycles. The van der Waals surface area contributed by atoms with Crippen molar-refractivity contribution in [2.45, 2.75) is 26.0 Å². The molecule has 3 aromatic rings. The van der Waals surface area contributed by atoms with Crippen LogP contribution in [0.15, 0.2) is 60.9 Å². The second-order valence-corrected chi connectivity index (χ2v) is 6.01. The summed E-state index contributed by atoms with van der Waals surface area (Å²) in [4.78, 5) is 18.6. The van der Waals surface area contributed by atoms with Gasteiger partial charge in [-0.15, -0.1) is 0 Å². The first-order valence-corrected chi connectivity index (χ1v) is 8.58. The summed E-state index contributed by atoms with van der Waals surface area (Å²) in [6.45, 7) is 2.37. The smallest absolute Gasteiger partial charge is 0.274 e. The average molecular weight is 350 g/mol. The fourth-order valence-corrected chi connectivity index (χ4v) is 2.85. The molecule has 1 aromatic carbocycles. The van der Waals surface area contributed by atoms with Gasteiger partial charge in [-0.25, -0.2) is 0 Å². The van der Waals surface area contributed by atoms with Gasteiger partial charge in [0.25, 0.3) is 5.91 Å². The van der Waals surface area contributed by atoms with E-state index in [0.29, 0.717) is 12.3 Å². The minimum atomic E-state index is -0.136. The van der Waals surface area contributed by atoms with Crippen LogP contribution in [0.1, 0.15) is 41.1 Å². The molecule has 2 heterocycles. The number of para-hydroxylation sites is 1. The first-order chi connectivity index (χ1) is 12.7. The van der Waals surface area contributed by atoms with Crippen LogP contribution in [0.2, 0.25) is 0 Å². The van der Waals surface area contributed by atoms with Gasteiger partial charge >= 0.3 is 0 Å². The topological polar surface area (TPSA) is 71.1 Å². The molecule has 1 amide bonds. The lowest BCUT2D eigenvalue weighted by Gasteiger charge is -2.26. The van der Waals surface area contributed by atoms with E-state index in [9.17, 15) is 4.79 Å². The van der Waals surface area contributed by atoms with Crippen LogP contribution in [-0.2, 0) is 6.61 Å². The lowest BCUT2D eigenvalue weighted by molar-refractivity contribution is 0.0720. The molecule has 26 heavy (non-hydrogen) atoms. The fraction of sp³-hybridized carbons (Fsp3) is 0.250. The summed E-state index contributed by atoms with van der Waals surface area (Å²) in [5, 5.41) is 7.02. The Morgan fingerprint density at radius 1 is 1.23 bits per heavy atom. The van der Waals surface area contributed by atoms with Crippen molar-refractivity contribution < 1.29 is 9.53 Å². The monoisotopic (exact) mass is 350 g/mol. The molecule has 0 radical (unpaired) electrons. The maximum absolute atomic E-state index is 12.8. The van der Waals surface area contributed by atoms with Crippen LogP contribution in [-0.4, -0.2) is 33.0 Å². The number of benzene rings is 1. The summed E-state index contributed by atoms with van der Waals surface area (Å²) in [6.07, 6.45) is 4.31. The van der Waals surface area contributed by atoms with Gasteiger partial charge in [-0.05, 0) is 36.2 Å². The number of nitrogens with zero attached hydrogens (tertiary/aromatic N) is 3. The molecule has 0 unspecified atom stereocenters. The quantitative estimate of drug-likeness (QED) is 0.707. The highest BCUT2D eigenvalue weighted by atomic mass is 16.5. The number of rotatable bonds is 7. The third kappa shape index (κ3) is 4.08. The van der Waals surface area contributed by atoms with E-state index >= 15 is 0 Å². The van der Waals surface area contributed by atoms with Gasteiger partial charge in [0.1, 0.15) is 12.4 Å². The van der Waals surface area contributed by atoms with Gasteiger partial charge in [0.15, 0.2) is 5.69 Å². The number of pyridine rings is 1. The third-order valence-electron chi connectivity index (χ3n) is 4.23. The molecule has 0 saturated carbocycles. The molecule has 0 aliphatic heterocycles. The van der Waals surface area contributed by atoms with Gasteiger partial charge in [-0.2, -0.15) is 5.10 Å². The number of carbonyl (C=O) groups excluding carboxylic acids is 1. The molecule has 0 aliphatic carbocycles. The van der Waals surface area contributed by atoms with E-state index in [1.165, 1.54) is 0 Å². The number of aromatic nitrogens is 3. The predicted octanol–water partition coefficient (Wildman–Crippen LogP) is 3.61. The molecular formula is C20H22N4O2. The molecule has 3 rings (SSSR count). The van der Waals surface area contributed by atoms with Crippen LogP contribution in [0.3, 0.4) is 0 Å². The van der Waals surface area contributed by atoms with Gasteiger partial charge in [0.2, 0.25) is 0 Å². The van der Waals surface area contributed by atoms with E-state index < -0.39 is 0 Å². The van der Waals surface area contributed by atoms with Crippen LogP contribution in [0.25, 0.3) is 0 Å². The average Bonchev–Trinajstić information content (AvgIpc) is 3.17. The fourth-order valence-electron chi connectivity index (χ4n) is 2.85. The van der Waals surface area contributed by atoms with Gasteiger partial charge in [-0.1, -0.05) is 31.2 Å². The summed E-state index contributed by atoms with van der Waals surface area (Å²) in [7, 11) is 1.79. The number of amides is 1. The summed E-state index contributed by atoms with van der Waals surface area (Å²) in [5.41, 5.74) is 2.13. The predicted molar refractivity (Wildman–Crippen MR) is 98.7 cm³/mol. The lowest BCUT2D eigenvalue weighted by atomic mass is 10.1. The number of H-pyrrole nitrogens is 1. The first-order valence-electron chi connectivity index (χ1n) is 8.58. The third-order valence-corrected chi connectivity index (χ3v) is 4.23. The second kappa shape index (κ2) is 8.29. The van der Waals surface area contributed by atoms with Crippen molar-refractivity contribution in [3.63, 3.8) is 0 Å². The minimum Gasteiger partial charge on any atom is -0.487 e. The normalized spacial score (nSPS) is 11.8. The molecule has 6 heteroatoms. The largest absolute Gasteiger partial charge is 0.487 e. The van der Waals surface area contributed by atoms with Gasteiger partial charge < -0.3 is 9.64 Å². The van der Waals surface area contributed by atoms with Crippen molar-refractivity contribution in [3.05, 3.63) is 77.9 Å². The van der Waals surface area contributed by atoms with Crippen molar-refractivity contribution in [2.75, 3.05) is 7.05 Å². The Kier molecular flexibility index (Phi) is 5.63. The van der Waals surface area contributed by atoms with E-state index in [1.807, 2.05) is 49.4 Å². The number of aromatic amines is 1. The molecule has 0 aliphatic rings. The number of hydrogen-bond acceptors (Lipinski definition) is 4. The molecule has 0 bridgehead atoms. The highest BCUT2D eigenvalue weighted by molar-refractivity contribution is 5.92. The van der Waals surface area contributed by atoms with Crippen molar-refractivity contribution >= 4 is 5.91 Å². The molecule has 6 nitrogen and oxygen atoms in total. The highest BCUT2D eigenvalue weighted by Gasteiger charge is 2.23. The zero-order chi connectivity index (χ0) is 18.4. The summed E-state index contributed by atoms with van der Waals surface area (Å²) < 4.78 is 5.68. The first kappa shape index (κ1) is 17.7. The van der Waals surface area contributed by atoms with Crippen molar-refractivity contribution in [1.29, 1.82) is 0 Å². The van der Waals surface area contributed by atoms with Crippen LogP contribution < -0.4 is 4.74 Å². The number of ether oxygens (including phenoxy) is 1. The Morgan fingerprint density at radius 3 is 2.73 bits per heavy atom. The summed E-state index contributed by atoms with van der Waals surface area (Å²) >= 11 is 0. The summed E-state index contributed by atoms with van der Waals surface area (Å²) in [5.74, 6) is 0.637. The van der Waals surface area contributed by atoms with Crippen LogP contribution in [0, 0.1) is 0 Å². The lowest BCUT2D eigenvalue weighted by Crippen LogP contribution is -2.31. The number of hydrogen-bond donors (Lipinski definition) is 1. The molecule has 0 fully saturated rings. The Bertz CT molecular complexity index is 833. The zero-order valence-electron chi connectivity index (χ0n) is 14.9. The SMILES string of the molecule is CC[C@@H](c1cccnc1)N(C)C(=O)c1cc(COc2ccccc2)[nH]n1. The zero-order valence-corrected chi connectivity index (χ0v) is 14.9. The number of carbonyl (C=O) groups is 1. The van der Waals surface area contributed by atoms with E-state index in [1.54, 1.807) is 30.4 Å². The van der Waals surface area contributed by atoms with Crippen LogP contribution in [0.5, 0.6) is 5.75 Å². The molecule has 1 N–H and O–H groups in total. The second-order valence-electron chi connectivity index (χ2n) is 6.01. The molecule has 2 aromatic heterocycles. The molecule has 1 atom stereocenters. The Morgan fingerprint density at radius 2 is 2.04 bits per heavy atom.